The number of hydrogen-bond donors (Lipinski definition) is 3. The summed E-state index contributed by atoms with van der Waals surface area (Å²) in [4.78, 5) is 0. The van der Waals surface area contributed by atoms with Gasteiger partial charge in [-0.25, -0.2) is 0 Å². The van der Waals surface area contributed by atoms with Crippen molar-refractivity contribution in [3.05, 3.63) is 11.4 Å². The first-order valence-electron chi connectivity index (χ1n) is 4.47. The summed E-state index contributed by atoms with van der Waals surface area (Å²) in [6.45, 7) is 3.82. The zero-order valence-electron chi connectivity index (χ0n) is 7.99. The van der Waals surface area contributed by atoms with E-state index in [-0.39, 0.29) is 6.04 Å². The summed E-state index contributed by atoms with van der Waals surface area (Å²) in [6, 6.07) is -0.256. The molecule has 0 aliphatic carbocycles. The standard InChI is InChI=1S/C8H16N4O/c1-3-4-6(9)8(13)7-5(2)10-12-11-7/h6,8,13H,3-4,9H2,1-2H3,(H,10,11,12). The Balaban J connectivity index is 2.67. The highest BCUT2D eigenvalue weighted by atomic mass is 16.3. The Hall–Kier alpha value is -0.940. The van der Waals surface area contributed by atoms with Crippen LogP contribution in [0.3, 0.4) is 0 Å². The van der Waals surface area contributed by atoms with Gasteiger partial charge in [0.25, 0.3) is 0 Å². The summed E-state index contributed by atoms with van der Waals surface area (Å²) in [6.07, 6.45) is 1.03. The van der Waals surface area contributed by atoms with Gasteiger partial charge in [-0.1, -0.05) is 13.3 Å². The van der Waals surface area contributed by atoms with Crippen molar-refractivity contribution in [2.75, 3.05) is 0 Å². The predicted molar refractivity (Wildman–Crippen MR) is 49.0 cm³/mol. The van der Waals surface area contributed by atoms with Gasteiger partial charge in [0.2, 0.25) is 0 Å². The number of nitrogens with one attached hydrogen (secondary N) is 1. The number of hydrogen-bond acceptors (Lipinski definition) is 4. The van der Waals surface area contributed by atoms with Crippen LogP contribution in [-0.4, -0.2) is 26.6 Å². The third kappa shape index (κ3) is 2.26. The topological polar surface area (TPSA) is 87.8 Å². The van der Waals surface area contributed by atoms with Crippen molar-refractivity contribution in [3.8, 4) is 0 Å². The zero-order chi connectivity index (χ0) is 9.84. The third-order valence-corrected chi connectivity index (χ3v) is 2.07. The van der Waals surface area contributed by atoms with Gasteiger partial charge in [0.1, 0.15) is 11.8 Å². The van der Waals surface area contributed by atoms with Crippen LogP contribution >= 0.6 is 0 Å². The number of aromatic nitrogens is 3. The van der Waals surface area contributed by atoms with Crippen LogP contribution in [0.2, 0.25) is 0 Å². The lowest BCUT2D eigenvalue weighted by atomic mass is 10.0. The third-order valence-electron chi connectivity index (χ3n) is 2.07. The number of aliphatic hydroxyl groups is 1. The molecule has 0 fully saturated rings. The average molecular weight is 184 g/mol. The smallest absolute Gasteiger partial charge is 0.115 e. The minimum absolute atomic E-state index is 0.256. The molecule has 5 nitrogen and oxygen atoms in total. The molecule has 1 rings (SSSR count). The van der Waals surface area contributed by atoms with E-state index in [2.05, 4.69) is 15.4 Å². The molecular weight excluding hydrogens is 168 g/mol. The van der Waals surface area contributed by atoms with Crippen molar-refractivity contribution in [2.45, 2.75) is 38.8 Å². The molecule has 0 aliphatic rings. The second kappa shape index (κ2) is 4.34. The fraction of sp³-hybridized carbons (Fsp3) is 0.750. The number of rotatable bonds is 4. The Bertz CT molecular complexity index is 260. The first kappa shape index (κ1) is 10.1. The van der Waals surface area contributed by atoms with Crippen LogP contribution in [0, 0.1) is 6.92 Å². The summed E-state index contributed by atoms with van der Waals surface area (Å²) in [5.74, 6) is 0. The molecule has 5 heteroatoms. The quantitative estimate of drug-likeness (QED) is 0.627. The fourth-order valence-electron chi connectivity index (χ4n) is 1.27. The monoisotopic (exact) mass is 184 g/mol. The number of aliphatic hydroxyl groups excluding tert-OH is 1. The lowest BCUT2D eigenvalue weighted by Crippen LogP contribution is -2.28. The number of nitrogens with zero attached hydrogens (tertiary/aromatic N) is 2. The van der Waals surface area contributed by atoms with Crippen LogP contribution in [0.25, 0.3) is 0 Å². The molecule has 0 bridgehead atoms. The molecule has 1 aromatic rings. The van der Waals surface area contributed by atoms with Crippen LogP contribution < -0.4 is 5.73 Å². The van der Waals surface area contributed by atoms with Crippen LogP contribution in [0.4, 0.5) is 0 Å². The van der Waals surface area contributed by atoms with E-state index in [4.69, 9.17) is 5.73 Å². The van der Waals surface area contributed by atoms with Crippen molar-refractivity contribution < 1.29 is 5.11 Å². The number of aryl methyl sites for hydroxylation is 1. The van der Waals surface area contributed by atoms with E-state index in [0.29, 0.717) is 11.4 Å². The summed E-state index contributed by atoms with van der Waals surface area (Å²) in [5.41, 5.74) is 7.02. The maximum absolute atomic E-state index is 9.74. The first-order valence-corrected chi connectivity index (χ1v) is 4.47. The molecule has 0 spiro atoms. The van der Waals surface area contributed by atoms with E-state index in [1.165, 1.54) is 0 Å². The lowest BCUT2D eigenvalue weighted by Gasteiger charge is -2.15. The fourth-order valence-corrected chi connectivity index (χ4v) is 1.27. The Kier molecular flexibility index (Phi) is 3.39. The van der Waals surface area contributed by atoms with E-state index in [1.807, 2.05) is 6.92 Å². The predicted octanol–water partition coefficient (Wildman–Crippen LogP) is 0.274. The molecule has 0 radical (unpaired) electrons. The highest BCUT2D eigenvalue weighted by molar-refractivity contribution is 5.11. The Morgan fingerprint density at radius 2 is 2.23 bits per heavy atom. The van der Waals surface area contributed by atoms with Gasteiger partial charge in [0, 0.05) is 6.04 Å². The molecule has 74 valence electrons. The number of nitrogens with two attached hydrogens (primary N) is 1. The molecule has 4 N–H and O–H groups in total. The molecule has 0 saturated heterocycles. The maximum Gasteiger partial charge on any atom is 0.115 e. The normalized spacial score (nSPS) is 15.7. The van der Waals surface area contributed by atoms with E-state index in [1.54, 1.807) is 6.92 Å². The molecule has 0 aliphatic heterocycles. The van der Waals surface area contributed by atoms with Crippen molar-refractivity contribution in [1.29, 1.82) is 0 Å². The van der Waals surface area contributed by atoms with Gasteiger partial charge in [-0.3, -0.25) is 0 Å². The SMILES string of the molecule is CCCC(N)C(O)c1n[nH]nc1C. The second-order valence-corrected chi connectivity index (χ2v) is 3.19. The molecule has 0 aromatic carbocycles. The van der Waals surface area contributed by atoms with Gasteiger partial charge in [-0.05, 0) is 13.3 Å². The molecule has 0 amide bonds. The summed E-state index contributed by atoms with van der Waals surface area (Å²) < 4.78 is 0. The highest BCUT2D eigenvalue weighted by Crippen LogP contribution is 2.17. The molecule has 1 heterocycles. The van der Waals surface area contributed by atoms with Crippen LogP contribution in [0.5, 0.6) is 0 Å². The molecule has 0 saturated carbocycles. The van der Waals surface area contributed by atoms with Crippen molar-refractivity contribution in [3.63, 3.8) is 0 Å². The largest absolute Gasteiger partial charge is 0.385 e. The van der Waals surface area contributed by atoms with Crippen LogP contribution in [0.15, 0.2) is 0 Å². The lowest BCUT2D eigenvalue weighted by molar-refractivity contribution is 0.136. The van der Waals surface area contributed by atoms with Gasteiger partial charge in [0.05, 0.1) is 5.69 Å². The molecule has 13 heavy (non-hydrogen) atoms. The van der Waals surface area contributed by atoms with E-state index >= 15 is 0 Å². The van der Waals surface area contributed by atoms with Crippen molar-refractivity contribution >= 4 is 0 Å². The Morgan fingerprint density at radius 1 is 1.54 bits per heavy atom. The summed E-state index contributed by atoms with van der Waals surface area (Å²) >= 11 is 0. The number of H-pyrrole nitrogens is 1. The maximum atomic E-state index is 9.74. The van der Waals surface area contributed by atoms with Gasteiger partial charge in [0.15, 0.2) is 0 Å². The van der Waals surface area contributed by atoms with E-state index in [0.717, 1.165) is 12.8 Å². The highest BCUT2D eigenvalue weighted by Gasteiger charge is 2.20. The zero-order valence-corrected chi connectivity index (χ0v) is 7.99. The summed E-state index contributed by atoms with van der Waals surface area (Å²) in [7, 11) is 0. The van der Waals surface area contributed by atoms with Crippen molar-refractivity contribution in [1.82, 2.24) is 15.4 Å². The van der Waals surface area contributed by atoms with Crippen LogP contribution in [-0.2, 0) is 0 Å². The van der Waals surface area contributed by atoms with Gasteiger partial charge in [-0.2, -0.15) is 15.4 Å². The summed E-state index contributed by atoms with van der Waals surface area (Å²) in [5, 5.41) is 19.9. The van der Waals surface area contributed by atoms with Crippen LogP contribution in [0.1, 0.15) is 37.3 Å². The Morgan fingerprint density at radius 3 is 2.69 bits per heavy atom. The molecular formula is C8H16N4O. The molecule has 2 atom stereocenters. The Labute approximate surface area is 77.3 Å². The van der Waals surface area contributed by atoms with Gasteiger partial charge >= 0.3 is 0 Å². The first-order chi connectivity index (χ1) is 6.16. The number of aromatic amines is 1. The average Bonchev–Trinajstić information content (AvgIpc) is 2.50. The van der Waals surface area contributed by atoms with Gasteiger partial charge < -0.3 is 10.8 Å². The second-order valence-electron chi connectivity index (χ2n) is 3.19. The minimum atomic E-state index is -0.710. The minimum Gasteiger partial charge on any atom is -0.385 e. The van der Waals surface area contributed by atoms with E-state index in [9.17, 15) is 5.11 Å². The molecule has 2 unspecified atom stereocenters. The van der Waals surface area contributed by atoms with Crippen molar-refractivity contribution in [2.24, 2.45) is 5.73 Å². The molecule has 1 aromatic heterocycles. The van der Waals surface area contributed by atoms with E-state index < -0.39 is 6.10 Å². The van der Waals surface area contributed by atoms with Gasteiger partial charge in [-0.15, -0.1) is 0 Å².